The van der Waals surface area contributed by atoms with Crippen LogP contribution in [0.25, 0.3) is 21.9 Å². The SMILES string of the molecule is COc1ccc2c(c1)C(C)(C)c1c-2ccc2cc(OC)ccc12. The summed E-state index contributed by atoms with van der Waals surface area (Å²) < 4.78 is 10.8. The third-order valence-electron chi connectivity index (χ3n) is 5.04. The first-order valence-electron chi connectivity index (χ1n) is 7.86. The van der Waals surface area contributed by atoms with E-state index >= 15 is 0 Å². The minimum absolute atomic E-state index is 0.0483. The summed E-state index contributed by atoms with van der Waals surface area (Å²) in [6.07, 6.45) is 0. The molecule has 0 saturated carbocycles. The predicted octanol–water partition coefficient (Wildman–Crippen LogP) is 5.16. The zero-order valence-corrected chi connectivity index (χ0v) is 13.9. The van der Waals surface area contributed by atoms with Crippen molar-refractivity contribution >= 4 is 10.8 Å². The minimum Gasteiger partial charge on any atom is -0.497 e. The molecule has 0 atom stereocenters. The van der Waals surface area contributed by atoms with Crippen LogP contribution in [0.2, 0.25) is 0 Å². The van der Waals surface area contributed by atoms with E-state index in [4.69, 9.17) is 9.47 Å². The zero-order chi connectivity index (χ0) is 16.2. The van der Waals surface area contributed by atoms with Gasteiger partial charge in [-0.15, -0.1) is 0 Å². The van der Waals surface area contributed by atoms with E-state index in [1.165, 1.54) is 33.0 Å². The fourth-order valence-electron chi connectivity index (χ4n) is 3.87. The van der Waals surface area contributed by atoms with Gasteiger partial charge in [-0.25, -0.2) is 0 Å². The van der Waals surface area contributed by atoms with Gasteiger partial charge in [0.15, 0.2) is 0 Å². The van der Waals surface area contributed by atoms with E-state index in [0.717, 1.165) is 11.5 Å². The van der Waals surface area contributed by atoms with E-state index in [1.54, 1.807) is 14.2 Å². The highest BCUT2D eigenvalue weighted by molar-refractivity contribution is 5.98. The standard InChI is InChI=1S/C21H20O2/c1-21(2)19-12-15(23-4)7-10-17(19)18-8-5-13-11-14(22-3)6-9-16(13)20(18)21/h5-12H,1-4H3. The second-order valence-electron chi connectivity index (χ2n) is 6.61. The number of methoxy groups -OCH3 is 2. The van der Waals surface area contributed by atoms with Gasteiger partial charge >= 0.3 is 0 Å². The Kier molecular flexibility index (Phi) is 2.92. The van der Waals surface area contributed by atoms with Gasteiger partial charge in [-0.3, -0.25) is 0 Å². The number of benzene rings is 3. The molecule has 23 heavy (non-hydrogen) atoms. The Bertz CT molecular complexity index is 923. The van der Waals surface area contributed by atoms with Crippen molar-refractivity contribution < 1.29 is 9.47 Å². The Balaban J connectivity index is 2.04. The van der Waals surface area contributed by atoms with Crippen LogP contribution in [0.3, 0.4) is 0 Å². The molecule has 4 rings (SSSR count). The van der Waals surface area contributed by atoms with Gasteiger partial charge in [0.25, 0.3) is 0 Å². The minimum atomic E-state index is -0.0483. The molecule has 0 spiro atoms. The van der Waals surface area contributed by atoms with Crippen molar-refractivity contribution in [2.24, 2.45) is 0 Å². The Morgan fingerprint density at radius 2 is 1.39 bits per heavy atom. The average molecular weight is 304 g/mol. The summed E-state index contributed by atoms with van der Waals surface area (Å²) in [5.41, 5.74) is 5.30. The average Bonchev–Trinajstić information content (AvgIpc) is 2.81. The molecule has 116 valence electrons. The number of rotatable bonds is 2. The summed E-state index contributed by atoms with van der Waals surface area (Å²) in [6.45, 7) is 4.58. The Morgan fingerprint density at radius 1 is 0.739 bits per heavy atom. The zero-order valence-electron chi connectivity index (χ0n) is 13.9. The van der Waals surface area contributed by atoms with Gasteiger partial charge < -0.3 is 9.47 Å². The highest BCUT2D eigenvalue weighted by atomic mass is 16.5. The van der Waals surface area contributed by atoms with Gasteiger partial charge in [-0.2, -0.15) is 0 Å². The van der Waals surface area contributed by atoms with Crippen LogP contribution in [0.5, 0.6) is 11.5 Å². The lowest BCUT2D eigenvalue weighted by Gasteiger charge is -2.23. The first-order chi connectivity index (χ1) is 11.1. The molecule has 1 aliphatic rings. The molecular weight excluding hydrogens is 284 g/mol. The molecule has 2 nitrogen and oxygen atoms in total. The van der Waals surface area contributed by atoms with Crippen LogP contribution in [0.4, 0.5) is 0 Å². The van der Waals surface area contributed by atoms with Crippen molar-refractivity contribution in [2.75, 3.05) is 14.2 Å². The lowest BCUT2D eigenvalue weighted by molar-refractivity contribution is 0.413. The third kappa shape index (κ3) is 1.88. The highest BCUT2D eigenvalue weighted by Gasteiger charge is 2.37. The van der Waals surface area contributed by atoms with Gasteiger partial charge in [0.05, 0.1) is 14.2 Å². The third-order valence-corrected chi connectivity index (χ3v) is 5.04. The quantitative estimate of drug-likeness (QED) is 0.651. The Labute approximate surface area is 136 Å². The largest absolute Gasteiger partial charge is 0.497 e. The molecule has 0 heterocycles. The first-order valence-corrected chi connectivity index (χ1v) is 7.86. The first kappa shape index (κ1) is 14.1. The van der Waals surface area contributed by atoms with Crippen LogP contribution in [-0.2, 0) is 5.41 Å². The van der Waals surface area contributed by atoms with E-state index in [2.05, 4.69) is 50.2 Å². The van der Waals surface area contributed by atoms with E-state index < -0.39 is 0 Å². The molecule has 1 aliphatic carbocycles. The van der Waals surface area contributed by atoms with Crippen molar-refractivity contribution in [3.05, 3.63) is 59.7 Å². The van der Waals surface area contributed by atoms with Crippen LogP contribution in [0.15, 0.2) is 48.5 Å². The number of ether oxygens (including phenoxy) is 2. The van der Waals surface area contributed by atoms with Crippen molar-refractivity contribution in [1.82, 2.24) is 0 Å². The molecule has 0 aromatic heterocycles. The van der Waals surface area contributed by atoms with Crippen LogP contribution in [0.1, 0.15) is 25.0 Å². The Morgan fingerprint density at radius 3 is 2.13 bits per heavy atom. The van der Waals surface area contributed by atoms with Crippen LogP contribution < -0.4 is 9.47 Å². The summed E-state index contributed by atoms with van der Waals surface area (Å²) in [5, 5.41) is 2.51. The molecule has 0 bridgehead atoms. The van der Waals surface area contributed by atoms with Gasteiger partial charge in [0.2, 0.25) is 0 Å². The monoisotopic (exact) mass is 304 g/mol. The highest BCUT2D eigenvalue weighted by Crippen LogP contribution is 2.52. The maximum atomic E-state index is 5.43. The number of hydrogen-bond acceptors (Lipinski definition) is 2. The number of hydrogen-bond donors (Lipinski definition) is 0. The second kappa shape index (κ2) is 4.76. The maximum absolute atomic E-state index is 5.43. The molecule has 0 N–H and O–H groups in total. The van der Waals surface area contributed by atoms with Crippen LogP contribution in [0, 0.1) is 0 Å². The Hall–Kier alpha value is -2.48. The summed E-state index contributed by atoms with van der Waals surface area (Å²) in [5.74, 6) is 1.81. The smallest absolute Gasteiger partial charge is 0.119 e. The van der Waals surface area contributed by atoms with Gasteiger partial charge in [0, 0.05) is 5.41 Å². The normalized spacial score (nSPS) is 14.4. The molecule has 0 radical (unpaired) electrons. The van der Waals surface area contributed by atoms with Gasteiger partial charge in [-0.1, -0.05) is 38.1 Å². The van der Waals surface area contributed by atoms with E-state index in [9.17, 15) is 0 Å². The number of fused-ring (bicyclic) bond motifs is 5. The molecule has 0 aliphatic heterocycles. The summed E-state index contributed by atoms with van der Waals surface area (Å²) in [4.78, 5) is 0. The topological polar surface area (TPSA) is 18.5 Å². The molecule has 2 heteroatoms. The van der Waals surface area contributed by atoms with Gasteiger partial charge in [0.1, 0.15) is 11.5 Å². The fourth-order valence-corrected chi connectivity index (χ4v) is 3.87. The molecule has 3 aromatic carbocycles. The lowest BCUT2D eigenvalue weighted by atomic mass is 9.80. The molecular formula is C21H20O2. The lowest BCUT2D eigenvalue weighted by Crippen LogP contribution is -2.15. The summed E-state index contributed by atoms with van der Waals surface area (Å²) in [7, 11) is 3.43. The predicted molar refractivity (Wildman–Crippen MR) is 94.6 cm³/mol. The van der Waals surface area contributed by atoms with Crippen molar-refractivity contribution in [3.63, 3.8) is 0 Å². The van der Waals surface area contributed by atoms with E-state index in [0.29, 0.717) is 0 Å². The second-order valence-corrected chi connectivity index (χ2v) is 6.61. The van der Waals surface area contributed by atoms with Gasteiger partial charge in [-0.05, 0) is 57.3 Å². The molecule has 3 aromatic rings. The van der Waals surface area contributed by atoms with Crippen LogP contribution >= 0.6 is 0 Å². The van der Waals surface area contributed by atoms with Crippen LogP contribution in [-0.4, -0.2) is 14.2 Å². The van der Waals surface area contributed by atoms with Crippen molar-refractivity contribution in [2.45, 2.75) is 19.3 Å². The molecule has 0 fully saturated rings. The maximum Gasteiger partial charge on any atom is 0.119 e. The fraction of sp³-hybridized carbons (Fsp3) is 0.238. The van der Waals surface area contributed by atoms with Crippen molar-refractivity contribution in [3.8, 4) is 22.6 Å². The van der Waals surface area contributed by atoms with E-state index in [1.807, 2.05) is 12.1 Å². The summed E-state index contributed by atoms with van der Waals surface area (Å²) >= 11 is 0. The molecule has 0 amide bonds. The molecule has 0 saturated heterocycles. The van der Waals surface area contributed by atoms with Crippen molar-refractivity contribution in [1.29, 1.82) is 0 Å². The van der Waals surface area contributed by atoms with E-state index in [-0.39, 0.29) is 5.41 Å². The summed E-state index contributed by atoms with van der Waals surface area (Å²) in [6, 6.07) is 17.1. The molecule has 0 unspecified atom stereocenters.